The van der Waals surface area contributed by atoms with Crippen LogP contribution in [0.3, 0.4) is 0 Å². The predicted molar refractivity (Wildman–Crippen MR) is 43.7 cm³/mol. The van der Waals surface area contributed by atoms with Gasteiger partial charge in [0.1, 0.15) is 12.1 Å². The van der Waals surface area contributed by atoms with Gasteiger partial charge in [-0.25, -0.2) is 4.98 Å². The second kappa shape index (κ2) is 2.83. The van der Waals surface area contributed by atoms with Crippen molar-refractivity contribution in [3.05, 3.63) is 36.6 Å². The first-order chi connectivity index (χ1) is 5.90. The minimum Gasteiger partial charge on any atom is -0.443 e. The maximum atomic E-state index is 5.40. The van der Waals surface area contributed by atoms with Crippen LogP contribution in [0.4, 0.5) is 0 Å². The highest BCUT2D eigenvalue weighted by Crippen LogP contribution is 2.11. The molecule has 2 heterocycles. The summed E-state index contributed by atoms with van der Waals surface area (Å²) in [6.07, 6.45) is 5.20. The van der Waals surface area contributed by atoms with Crippen LogP contribution >= 0.6 is 0 Å². The Bertz CT molecular complexity index is 350. The number of imidazole rings is 1. The van der Waals surface area contributed by atoms with E-state index in [9.17, 15) is 0 Å². The van der Waals surface area contributed by atoms with Crippen molar-refractivity contribution >= 4 is 0 Å². The van der Waals surface area contributed by atoms with Crippen molar-refractivity contribution in [2.24, 2.45) is 5.73 Å². The molecule has 0 unspecified atom stereocenters. The second-order valence-electron chi connectivity index (χ2n) is 2.41. The minimum absolute atomic E-state index is 0.425. The largest absolute Gasteiger partial charge is 0.443 e. The van der Waals surface area contributed by atoms with Crippen LogP contribution in [0.25, 0.3) is 5.88 Å². The number of hydrogen-bond acceptors (Lipinski definition) is 3. The van der Waals surface area contributed by atoms with Crippen LogP contribution in [-0.4, -0.2) is 9.55 Å². The SMILES string of the molecule is NCc1ccc(-n2ccnc2)o1. The fourth-order valence-corrected chi connectivity index (χ4v) is 1.00. The summed E-state index contributed by atoms with van der Waals surface area (Å²) in [6.45, 7) is 0.425. The van der Waals surface area contributed by atoms with Crippen molar-refractivity contribution < 1.29 is 4.42 Å². The van der Waals surface area contributed by atoms with Crippen LogP contribution < -0.4 is 5.73 Å². The molecule has 0 aliphatic heterocycles. The lowest BCUT2D eigenvalue weighted by molar-refractivity contribution is 0.491. The molecule has 0 aromatic carbocycles. The molecule has 0 bridgehead atoms. The fraction of sp³-hybridized carbons (Fsp3) is 0.125. The first-order valence-electron chi connectivity index (χ1n) is 3.67. The normalized spacial score (nSPS) is 10.4. The molecule has 12 heavy (non-hydrogen) atoms. The van der Waals surface area contributed by atoms with Crippen LogP contribution in [0.2, 0.25) is 0 Å². The number of furan rings is 1. The molecule has 0 aliphatic carbocycles. The van der Waals surface area contributed by atoms with Gasteiger partial charge < -0.3 is 10.2 Å². The smallest absolute Gasteiger partial charge is 0.204 e. The highest BCUT2D eigenvalue weighted by atomic mass is 16.4. The molecule has 62 valence electrons. The Balaban J connectivity index is 2.35. The summed E-state index contributed by atoms with van der Waals surface area (Å²) in [6, 6.07) is 3.72. The van der Waals surface area contributed by atoms with E-state index in [1.165, 1.54) is 0 Å². The summed E-state index contributed by atoms with van der Waals surface area (Å²) in [5, 5.41) is 0. The molecule has 2 aromatic rings. The van der Waals surface area contributed by atoms with Crippen LogP contribution in [0.15, 0.2) is 35.3 Å². The van der Waals surface area contributed by atoms with Crippen LogP contribution in [-0.2, 0) is 6.54 Å². The maximum Gasteiger partial charge on any atom is 0.204 e. The third-order valence-corrected chi connectivity index (χ3v) is 1.61. The summed E-state index contributed by atoms with van der Waals surface area (Å²) in [7, 11) is 0. The van der Waals surface area contributed by atoms with Crippen molar-refractivity contribution in [2.75, 3.05) is 0 Å². The van der Waals surface area contributed by atoms with E-state index >= 15 is 0 Å². The molecule has 2 aromatic heterocycles. The number of hydrogen-bond donors (Lipinski definition) is 1. The quantitative estimate of drug-likeness (QED) is 0.716. The van der Waals surface area contributed by atoms with E-state index in [0.717, 1.165) is 11.6 Å². The topological polar surface area (TPSA) is 57.0 Å². The third kappa shape index (κ3) is 1.12. The molecule has 0 spiro atoms. The average Bonchev–Trinajstić information content (AvgIpc) is 2.75. The van der Waals surface area contributed by atoms with Crippen LogP contribution in [0, 0.1) is 0 Å². The number of rotatable bonds is 2. The Morgan fingerprint density at radius 2 is 2.42 bits per heavy atom. The van der Waals surface area contributed by atoms with E-state index in [2.05, 4.69) is 4.98 Å². The van der Waals surface area contributed by atoms with E-state index in [1.807, 2.05) is 18.3 Å². The van der Waals surface area contributed by atoms with Crippen LogP contribution in [0.1, 0.15) is 5.76 Å². The minimum atomic E-state index is 0.425. The molecule has 2 rings (SSSR count). The van der Waals surface area contributed by atoms with E-state index in [4.69, 9.17) is 10.2 Å². The van der Waals surface area contributed by atoms with E-state index in [0.29, 0.717) is 6.54 Å². The van der Waals surface area contributed by atoms with Crippen molar-refractivity contribution in [3.8, 4) is 5.88 Å². The summed E-state index contributed by atoms with van der Waals surface area (Å²) < 4.78 is 7.17. The lowest BCUT2D eigenvalue weighted by Gasteiger charge is -1.93. The summed E-state index contributed by atoms with van der Waals surface area (Å²) in [4.78, 5) is 3.91. The Labute approximate surface area is 69.6 Å². The zero-order valence-electron chi connectivity index (χ0n) is 6.47. The summed E-state index contributed by atoms with van der Waals surface area (Å²) in [5.41, 5.74) is 5.40. The summed E-state index contributed by atoms with van der Waals surface area (Å²) in [5.74, 6) is 1.52. The number of nitrogens with two attached hydrogens (primary N) is 1. The Morgan fingerprint density at radius 1 is 1.50 bits per heavy atom. The first kappa shape index (κ1) is 7.12. The molecule has 2 N–H and O–H groups in total. The molecular formula is C8H9N3O. The zero-order valence-corrected chi connectivity index (χ0v) is 6.47. The second-order valence-corrected chi connectivity index (χ2v) is 2.41. The van der Waals surface area contributed by atoms with Gasteiger partial charge in [0.15, 0.2) is 0 Å². The lowest BCUT2D eigenvalue weighted by atomic mass is 10.4. The molecule has 0 fully saturated rings. The number of nitrogens with zero attached hydrogens (tertiary/aromatic N) is 2. The van der Waals surface area contributed by atoms with Gasteiger partial charge in [-0.05, 0) is 6.07 Å². The first-order valence-corrected chi connectivity index (χ1v) is 3.67. The molecule has 4 heteroatoms. The van der Waals surface area contributed by atoms with Crippen molar-refractivity contribution in [3.63, 3.8) is 0 Å². The Morgan fingerprint density at radius 3 is 3.00 bits per heavy atom. The third-order valence-electron chi connectivity index (χ3n) is 1.61. The van der Waals surface area contributed by atoms with Gasteiger partial charge in [0.2, 0.25) is 5.88 Å². The zero-order chi connectivity index (χ0) is 8.39. The van der Waals surface area contributed by atoms with Gasteiger partial charge in [0, 0.05) is 18.5 Å². The van der Waals surface area contributed by atoms with Crippen molar-refractivity contribution in [2.45, 2.75) is 6.54 Å². The Kier molecular flexibility index (Phi) is 1.68. The van der Waals surface area contributed by atoms with E-state index < -0.39 is 0 Å². The van der Waals surface area contributed by atoms with Gasteiger partial charge in [0.25, 0.3) is 0 Å². The lowest BCUT2D eigenvalue weighted by Crippen LogP contribution is -1.93. The highest BCUT2D eigenvalue weighted by molar-refractivity contribution is 5.20. The van der Waals surface area contributed by atoms with Gasteiger partial charge in [0.05, 0.1) is 6.54 Å². The fourth-order valence-electron chi connectivity index (χ4n) is 1.00. The molecule has 0 saturated heterocycles. The Hall–Kier alpha value is -1.55. The molecule has 0 radical (unpaired) electrons. The van der Waals surface area contributed by atoms with Crippen LogP contribution in [0.5, 0.6) is 0 Å². The van der Waals surface area contributed by atoms with Gasteiger partial charge in [-0.3, -0.25) is 4.57 Å². The highest BCUT2D eigenvalue weighted by Gasteiger charge is 2.00. The van der Waals surface area contributed by atoms with Gasteiger partial charge in [-0.2, -0.15) is 0 Å². The summed E-state index contributed by atoms with van der Waals surface area (Å²) >= 11 is 0. The van der Waals surface area contributed by atoms with Crippen molar-refractivity contribution in [1.82, 2.24) is 9.55 Å². The molecule has 0 aliphatic rings. The molecular weight excluding hydrogens is 154 g/mol. The average molecular weight is 163 g/mol. The number of aromatic nitrogens is 2. The molecule has 0 atom stereocenters. The standard InChI is InChI=1S/C8H9N3O/c9-5-7-1-2-8(12-7)11-4-3-10-6-11/h1-4,6H,5,9H2. The van der Waals surface area contributed by atoms with E-state index in [1.54, 1.807) is 17.1 Å². The monoisotopic (exact) mass is 163 g/mol. The maximum absolute atomic E-state index is 5.40. The van der Waals surface area contributed by atoms with Gasteiger partial charge in [-0.1, -0.05) is 0 Å². The predicted octanol–water partition coefficient (Wildman–Crippen LogP) is 0.924. The van der Waals surface area contributed by atoms with Gasteiger partial charge >= 0.3 is 0 Å². The molecule has 0 amide bonds. The molecule has 4 nitrogen and oxygen atoms in total. The van der Waals surface area contributed by atoms with Gasteiger partial charge in [-0.15, -0.1) is 0 Å². The molecule has 0 saturated carbocycles. The van der Waals surface area contributed by atoms with Crippen molar-refractivity contribution in [1.29, 1.82) is 0 Å². The van der Waals surface area contributed by atoms with E-state index in [-0.39, 0.29) is 0 Å².